The number of Topliss-reactive ketones (excluding diaryl/α,β-unsaturated/α-hetero) is 1. The topological polar surface area (TPSA) is 74.6 Å². The molecule has 1 aromatic heterocycles. The summed E-state index contributed by atoms with van der Waals surface area (Å²) < 4.78 is 12.5. The molecule has 0 spiro atoms. The Hall–Kier alpha value is -2.44. The molecule has 30 heavy (non-hydrogen) atoms. The predicted molar refractivity (Wildman–Crippen MR) is 118 cm³/mol. The highest BCUT2D eigenvalue weighted by Crippen LogP contribution is 2.34. The number of carbonyl (C=O) groups is 2. The van der Waals surface area contributed by atoms with Crippen LogP contribution in [-0.4, -0.2) is 36.0 Å². The van der Waals surface area contributed by atoms with Gasteiger partial charge in [0.15, 0.2) is 5.78 Å². The summed E-state index contributed by atoms with van der Waals surface area (Å²) in [5.74, 6) is 0.295. The zero-order valence-electron chi connectivity index (χ0n) is 18.0. The van der Waals surface area contributed by atoms with Crippen molar-refractivity contribution >= 4 is 23.7 Å². The maximum Gasteiger partial charge on any atom is 0.252 e. The van der Waals surface area contributed by atoms with Crippen LogP contribution in [0.1, 0.15) is 56.9 Å². The molecule has 2 rings (SSSR count). The fourth-order valence-electron chi connectivity index (χ4n) is 3.09. The Morgan fingerprint density at radius 2 is 1.93 bits per heavy atom. The molecule has 0 bridgehead atoms. The highest BCUT2D eigenvalue weighted by atomic mass is 35.5. The molecule has 1 aromatic carbocycles. The fourth-order valence-corrected chi connectivity index (χ4v) is 3.26. The molecule has 0 N–H and O–H groups in total. The Kier molecular flexibility index (Phi) is 7.98. The molecular weight excluding hydrogens is 406 g/mol. The number of aromatic nitrogens is 1. The van der Waals surface area contributed by atoms with Gasteiger partial charge in [-0.1, -0.05) is 18.5 Å². The molecule has 6 nitrogen and oxygen atoms in total. The SMILES string of the molecule is CCC(=O)c1ccc(Cl)cc1-c1cc(=O)n(C(C=O)CCOC(C)(C)C)cc1OC. The lowest BCUT2D eigenvalue weighted by Gasteiger charge is -2.22. The number of ketones is 1. The monoisotopic (exact) mass is 433 g/mol. The average Bonchev–Trinajstić information content (AvgIpc) is 2.70. The predicted octanol–water partition coefficient (Wildman–Crippen LogP) is 4.72. The average molecular weight is 434 g/mol. The first-order chi connectivity index (χ1) is 14.1. The van der Waals surface area contributed by atoms with Crippen molar-refractivity contribution in [2.24, 2.45) is 0 Å². The van der Waals surface area contributed by atoms with E-state index in [4.69, 9.17) is 21.1 Å². The van der Waals surface area contributed by atoms with Gasteiger partial charge in [-0.2, -0.15) is 0 Å². The van der Waals surface area contributed by atoms with Gasteiger partial charge in [0.05, 0.1) is 24.9 Å². The third kappa shape index (κ3) is 5.80. The van der Waals surface area contributed by atoms with E-state index >= 15 is 0 Å². The number of hydrogen-bond acceptors (Lipinski definition) is 5. The Balaban J connectivity index is 2.51. The summed E-state index contributed by atoms with van der Waals surface area (Å²) in [5, 5.41) is 0.439. The van der Waals surface area contributed by atoms with Gasteiger partial charge in [0.1, 0.15) is 12.0 Å². The van der Waals surface area contributed by atoms with Crippen LogP contribution in [0.4, 0.5) is 0 Å². The van der Waals surface area contributed by atoms with Gasteiger partial charge in [-0.05, 0) is 51.0 Å². The molecule has 0 aliphatic rings. The Morgan fingerprint density at radius 3 is 2.50 bits per heavy atom. The first kappa shape index (κ1) is 23.8. The highest BCUT2D eigenvalue weighted by Gasteiger charge is 2.20. The largest absolute Gasteiger partial charge is 0.495 e. The quantitative estimate of drug-likeness (QED) is 0.422. The van der Waals surface area contributed by atoms with Crippen molar-refractivity contribution in [1.82, 2.24) is 4.57 Å². The summed E-state index contributed by atoms with van der Waals surface area (Å²) in [5.41, 5.74) is 0.716. The van der Waals surface area contributed by atoms with E-state index in [-0.39, 0.29) is 16.9 Å². The number of rotatable bonds is 9. The van der Waals surface area contributed by atoms with Crippen molar-refractivity contribution < 1.29 is 19.1 Å². The molecule has 0 aliphatic carbocycles. The number of methoxy groups -OCH3 is 1. The number of hydrogen-bond donors (Lipinski definition) is 0. The van der Waals surface area contributed by atoms with Gasteiger partial charge in [0, 0.05) is 35.2 Å². The minimum atomic E-state index is -0.695. The van der Waals surface area contributed by atoms with E-state index in [2.05, 4.69) is 0 Å². The second-order valence-electron chi connectivity index (χ2n) is 7.92. The molecule has 7 heteroatoms. The molecule has 0 saturated carbocycles. The van der Waals surface area contributed by atoms with Crippen molar-refractivity contribution in [2.45, 2.75) is 52.2 Å². The number of pyridine rings is 1. The third-order valence-electron chi connectivity index (χ3n) is 4.62. The second kappa shape index (κ2) is 10.0. The third-order valence-corrected chi connectivity index (χ3v) is 4.86. The van der Waals surface area contributed by atoms with Crippen LogP contribution in [-0.2, 0) is 9.53 Å². The van der Waals surface area contributed by atoms with E-state index in [9.17, 15) is 14.4 Å². The maximum absolute atomic E-state index is 12.9. The van der Waals surface area contributed by atoms with E-state index in [1.807, 2.05) is 20.8 Å². The Labute approximate surface area is 181 Å². The molecule has 0 amide bonds. The van der Waals surface area contributed by atoms with E-state index in [0.29, 0.717) is 46.9 Å². The molecule has 0 saturated heterocycles. The first-order valence-corrected chi connectivity index (χ1v) is 10.2. The van der Waals surface area contributed by atoms with Gasteiger partial charge in [-0.25, -0.2) is 0 Å². The van der Waals surface area contributed by atoms with E-state index in [0.717, 1.165) is 6.29 Å². The molecule has 0 radical (unpaired) electrons. The van der Waals surface area contributed by atoms with Crippen LogP contribution in [0.3, 0.4) is 0 Å². The number of nitrogens with zero attached hydrogens (tertiary/aromatic N) is 1. The van der Waals surface area contributed by atoms with Crippen LogP contribution in [0, 0.1) is 0 Å². The van der Waals surface area contributed by atoms with Crippen molar-refractivity contribution in [3.63, 3.8) is 0 Å². The zero-order chi connectivity index (χ0) is 22.5. The van der Waals surface area contributed by atoms with Crippen LogP contribution < -0.4 is 10.3 Å². The number of halogens is 1. The number of aldehydes is 1. The van der Waals surface area contributed by atoms with Crippen LogP contribution >= 0.6 is 11.6 Å². The van der Waals surface area contributed by atoms with E-state index in [1.54, 1.807) is 25.1 Å². The van der Waals surface area contributed by atoms with Crippen LogP contribution in [0.5, 0.6) is 5.75 Å². The van der Waals surface area contributed by atoms with Crippen molar-refractivity contribution in [3.8, 4) is 16.9 Å². The lowest BCUT2D eigenvalue weighted by Crippen LogP contribution is -2.28. The van der Waals surface area contributed by atoms with Gasteiger partial charge >= 0.3 is 0 Å². The molecule has 1 heterocycles. The number of benzene rings is 1. The standard InChI is InChI=1S/C23H28ClNO5/c1-6-20(27)17-8-7-15(24)11-18(17)19-12-22(28)25(13-21(19)29-5)16(14-26)9-10-30-23(2,3)4/h7-8,11-14,16H,6,9-10H2,1-5H3. The number of ether oxygens (including phenoxy) is 2. The Bertz CT molecular complexity index is 975. The van der Waals surface area contributed by atoms with Gasteiger partial charge < -0.3 is 18.8 Å². The summed E-state index contributed by atoms with van der Waals surface area (Å²) in [6, 6.07) is 5.60. The molecule has 2 aromatic rings. The minimum Gasteiger partial charge on any atom is -0.495 e. The van der Waals surface area contributed by atoms with E-state index in [1.165, 1.54) is 23.9 Å². The lowest BCUT2D eigenvalue weighted by atomic mass is 9.96. The molecule has 0 fully saturated rings. The highest BCUT2D eigenvalue weighted by molar-refractivity contribution is 6.31. The Morgan fingerprint density at radius 1 is 1.23 bits per heavy atom. The smallest absolute Gasteiger partial charge is 0.252 e. The van der Waals surface area contributed by atoms with Crippen LogP contribution in [0.25, 0.3) is 11.1 Å². The lowest BCUT2D eigenvalue weighted by molar-refractivity contribution is -0.111. The maximum atomic E-state index is 12.9. The zero-order valence-corrected chi connectivity index (χ0v) is 18.8. The molecule has 1 atom stereocenters. The van der Waals surface area contributed by atoms with Crippen molar-refractivity contribution in [2.75, 3.05) is 13.7 Å². The summed E-state index contributed by atoms with van der Waals surface area (Å²) in [6.45, 7) is 7.87. The molecule has 0 aliphatic heterocycles. The van der Waals surface area contributed by atoms with Crippen molar-refractivity contribution in [1.29, 1.82) is 0 Å². The summed E-state index contributed by atoms with van der Waals surface area (Å²) in [6.07, 6.45) is 2.88. The van der Waals surface area contributed by atoms with Crippen LogP contribution in [0.2, 0.25) is 5.02 Å². The molecule has 1 unspecified atom stereocenters. The van der Waals surface area contributed by atoms with Crippen LogP contribution in [0.15, 0.2) is 35.3 Å². The summed E-state index contributed by atoms with van der Waals surface area (Å²) in [4.78, 5) is 36.9. The van der Waals surface area contributed by atoms with Gasteiger partial charge in [-0.15, -0.1) is 0 Å². The first-order valence-electron chi connectivity index (χ1n) is 9.83. The normalized spacial score (nSPS) is 12.5. The number of carbonyl (C=O) groups excluding carboxylic acids is 2. The molecule has 162 valence electrons. The van der Waals surface area contributed by atoms with Gasteiger partial charge in [0.25, 0.3) is 5.56 Å². The minimum absolute atomic E-state index is 0.0713. The molecular formula is C23H28ClNO5. The second-order valence-corrected chi connectivity index (χ2v) is 8.36. The van der Waals surface area contributed by atoms with Gasteiger partial charge in [0.2, 0.25) is 0 Å². The fraction of sp³-hybridized carbons (Fsp3) is 0.435. The summed E-state index contributed by atoms with van der Waals surface area (Å²) >= 11 is 6.15. The summed E-state index contributed by atoms with van der Waals surface area (Å²) in [7, 11) is 1.47. The van der Waals surface area contributed by atoms with Crippen molar-refractivity contribution in [3.05, 3.63) is 51.4 Å². The van der Waals surface area contributed by atoms with E-state index < -0.39 is 6.04 Å². The van der Waals surface area contributed by atoms with Gasteiger partial charge in [-0.3, -0.25) is 9.59 Å².